The van der Waals surface area contributed by atoms with E-state index in [2.05, 4.69) is 49.2 Å². The highest BCUT2D eigenvalue weighted by Gasteiger charge is 2.36. The Kier molecular flexibility index (Phi) is 6.61. The van der Waals surface area contributed by atoms with Gasteiger partial charge in [0.25, 0.3) is 13.3 Å². The molecule has 0 aliphatic carbocycles. The van der Waals surface area contributed by atoms with Crippen molar-refractivity contribution in [3.05, 3.63) is 80.8 Å². The molecule has 0 saturated heterocycles. The zero-order valence-electron chi connectivity index (χ0n) is 17.8. The van der Waals surface area contributed by atoms with Crippen molar-refractivity contribution in [1.29, 1.82) is 5.26 Å². The van der Waals surface area contributed by atoms with Crippen LogP contribution in [-0.2, 0) is 15.6 Å². The third kappa shape index (κ3) is 4.55. The summed E-state index contributed by atoms with van der Waals surface area (Å²) in [4.78, 5) is 16.4. The first-order valence-electron chi connectivity index (χ1n) is 9.89. The first-order valence-corrected chi connectivity index (χ1v) is 12.6. The summed E-state index contributed by atoms with van der Waals surface area (Å²) < 4.78 is 21.0. The Morgan fingerprint density at radius 2 is 2.06 bits per heavy atom. The van der Waals surface area contributed by atoms with E-state index in [-0.39, 0.29) is 17.5 Å². The molecule has 166 valence electrons. The summed E-state index contributed by atoms with van der Waals surface area (Å²) in [5, 5.41) is 21.1. The van der Waals surface area contributed by atoms with Gasteiger partial charge in [-0.1, -0.05) is 0 Å². The second-order valence-corrected chi connectivity index (χ2v) is 11.1. The Morgan fingerprint density at radius 1 is 1.24 bits per heavy atom. The number of rotatable bonds is 6. The SMILES string of the molecule is COP(=O)(c1cc(C)cc(C#N)c1)c1c(C(=O)NCc2ccnnc2)[nH]c2ccc(I)cc12. The number of aromatic amines is 1. The Bertz CT molecular complexity index is 1450. The molecule has 1 amide bonds. The van der Waals surface area contributed by atoms with E-state index in [1.807, 2.05) is 25.1 Å². The quantitative estimate of drug-likeness (QED) is 0.270. The van der Waals surface area contributed by atoms with Crippen molar-refractivity contribution < 1.29 is 13.9 Å². The average Bonchev–Trinajstić information content (AvgIpc) is 3.21. The van der Waals surface area contributed by atoms with Gasteiger partial charge in [-0.05, 0) is 83.1 Å². The van der Waals surface area contributed by atoms with Gasteiger partial charge in [-0.25, -0.2) is 0 Å². The van der Waals surface area contributed by atoms with Crippen LogP contribution < -0.4 is 15.9 Å². The van der Waals surface area contributed by atoms with Gasteiger partial charge in [0.05, 0.1) is 23.1 Å². The molecule has 4 rings (SSSR count). The van der Waals surface area contributed by atoms with Gasteiger partial charge < -0.3 is 14.8 Å². The van der Waals surface area contributed by atoms with Crippen molar-refractivity contribution in [1.82, 2.24) is 20.5 Å². The van der Waals surface area contributed by atoms with Crippen LogP contribution in [0, 0.1) is 21.8 Å². The molecule has 0 aliphatic rings. The number of hydrogen-bond acceptors (Lipinski definition) is 6. The highest BCUT2D eigenvalue weighted by atomic mass is 127. The molecule has 2 N–H and O–H groups in total. The van der Waals surface area contributed by atoms with E-state index in [1.165, 1.54) is 7.11 Å². The minimum absolute atomic E-state index is 0.152. The van der Waals surface area contributed by atoms with Crippen molar-refractivity contribution in [2.75, 3.05) is 7.11 Å². The lowest BCUT2D eigenvalue weighted by Gasteiger charge is -2.19. The zero-order valence-corrected chi connectivity index (χ0v) is 20.8. The fraction of sp³-hybridized carbons (Fsp3) is 0.130. The summed E-state index contributed by atoms with van der Waals surface area (Å²) in [5.41, 5.74) is 2.73. The van der Waals surface area contributed by atoms with E-state index in [0.717, 1.165) is 14.7 Å². The second-order valence-electron chi connectivity index (χ2n) is 7.37. The molecular weight excluding hydrogens is 552 g/mol. The van der Waals surface area contributed by atoms with Gasteiger partial charge in [0.15, 0.2) is 0 Å². The predicted octanol–water partition coefficient (Wildman–Crippen LogP) is 3.55. The fourth-order valence-corrected chi connectivity index (χ4v) is 6.42. The van der Waals surface area contributed by atoms with Gasteiger partial charge in [0.2, 0.25) is 0 Å². The number of nitrogens with zero attached hydrogens (tertiary/aromatic N) is 3. The van der Waals surface area contributed by atoms with Crippen LogP contribution in [0.5, 0.6) is 0 Å². The van der Waals surface area contributed by atoms with E-state index in [9.17, 15) is 14.6 Å². The number of nitrogens with one attached hydrogen (secondary N) is 2. The van der Waals surface area contributed by atoms with Crippen LogP contribution in [0.1, 0.15) is 27.2 Å². The van der Waals surface area contributed by atoms with Gasteiger partial charge in [0, 0.05) is 39.6 Å². The number of halogens is 1. The normalized spacial score (nSPS) is 12.8. The molecule has 0 spiro atoms. The standard InChI is InChI=1S/C23H19IN5O3P/c1-14-7-16(11-25)9-18(8-14)33(31,32-2)22-19-10-17(24)3-4-20(19)29-21(22)23(30)26-12-15-5-6-27-28-13-15/h3-10,13,29H,12H2,1-2H3,(H,26,30). The summed E-state index contributed by atoms with van der Waals surface area (Å²) in [6.07, 6.45) is 3.10. The Balaban J connectivity index is 1.88. The molecule has 1 atom stereocenters. The summed E-state index contributed by atoms with van der Waals surface area (Å²) in [6, 6.07) is 14.4. The average molecular weight is 571 g/mol. The number of carbonyl (C=O) groups excluding carboxylic acids is 1. The van der Waals surface area contributed by atoms with Gasteiger partial charge in [-0.3, -0.25) is 9.36 Å². The predicted molar refractivity (Wildman–Crippen MR) is 134 cm³/mol. The van der Waals surface area contributed by atoms with Gasteiger partial charge >= 0.3 is 0 Å². The zero-order chi connectivity index (χ0) is 23.6. The van der Waals surface area contributed by atoms with Crippen LogP contribution in [0.4, 0.5) is 0 Å². The van der Waals surface area contributed by atoms with Gasteiger partial charge in [0.1, 0.15) is 5.69 Å². The van der Waals surface area contributed by atoms with E-state index >= 15 is 0 Å². The molecule has 0 fully saturated rings. The number of benzene rings is 2. The van der Waals surface area contributed by atoms with Crippen molar-refractivity contribution in [2.24, 2.45) is 0 Å². The molecule has 2 heterocycles. The van der Waals surface area contributed by atoms with E-state index in [4.69, 9.17) is 4.52 Å². The first kappa shape index (κ1) is 23.1. The molecule has 10 heteroatoms. The van der Waals surface area contributed by atoms with Crippen LogP contribution in [0.15, 0.2) is 54.9 Å². The topological polar surface area (TPSA) is 121 Å². The van der Waals surface area contributed by atoms with Gasteiger partial charge in [-0.15, -0.1) is 0 Å². The van der Waals surface area contributed by atoms with Crippen LogP contribution in [0.3, 0.4) is 0 Å². The molecule has 0 radical (unpaired) electrons. The van der Waals surface area contributed by atoms with Crippen LogP contribution >= 0.6 is 30.0 Å². The number of aromatic nitrogens is 3. The molecule has 2 aromatic heterocycles. The third-order valence-electron chi connectivity index (χ3n) is 5.14. The molecule has 0 bridgehead atoms. The molecule has 4 aromatic rings. The number of aryl methyl sites for hydroxylation is 1. The largest absolute Gasteiger partial charge is 0.350 e. The Labute approximate surface area is 204 Å². The molecular formula is C23H19IN5O3P. The Hall–Kier alpha value is -3.06. The summed E-state index contributed by atoms with van der Waals surface area (Å²) in [7, 11) is -2.39. The smallest absolute Gasteiger partial charge is 0.268 e. The third-order valence-corrected chi connectivity index (χ3v) is 8.32. The second kappa shape index (κ2) is 9.43. The van der Waals surface area contributed by atoms with E-state index in [1.54, 1.807) is 36.7 Å². The number of carbonyl (C=O) groups is 1. The lowest BCUT2D eigenvalue weighted by atomic mass is 10.2. The van der Waals surface area contributed by atoms with Crippen molar-refractivity contribution >= 4 is 57.4 Å². The monoisotopic (exact) mass is 571 g/mol. The van der Waals surface area contributed by atoms with Crippen LogP contribution in [0.25, 0.3) is 10.9 Å². The lowest BCUT2D eigenvalue weighted by Crippen LogP contribution is -2.30. The summed E-state index contributed by atoms with van der Waals surface area (Å²) in [6.45, 7) is 2.04. The summed E-state index contributed by atoms with van der Waals surface area (Å²) >= 11 is 2.17. The molecule has 8 nitrogen and oxygen atoms in total. The number of fused-ring (bicyclic) bond motifs is 1. The number of hydrogen-bond donors (Lipinski definition) is 2. The molecule has 0 saturated carbocycles. The molecule has 0 aliphatic heterocycles. The highest BCUT2D eigenvalue weighted by molar-refractivity contribution is 14.1. The first-order chi connectivity index (χ1) is 15.9. The van der Waals surface area contributed by atoms with E-state index in [0.29, 0.717) is 21.8 Å². The maximum Gasteiger partial charge on any atom is 0.268 e. The molecule has 1 unspecified atom stereocenters. The van der Waals surface area contributed by atoms with Crippen molar-refractivity contribution in [3.63, 3.8) is 0 Å². The Morgan fingerprint density at radius 3 is 2.76 bits per heavy atom. The molecule has 33 heavy (non-hydrogen) atoms. The minimum atomic E-state index is -3.75. The van der Waals surface area contributed by atoms with Crippen LogP contribution in [-0.4, -0.2) is 28.2 Å². The van der Waals surface area contributed by atoms with Gasteiger partial charge in [-0.2, -0.15) is 15.5 Å². The van der Waals surface area contributed by atoms with E-state index < -0.39 is 13.3 Å². The maximum atomic E-state index is 14.4. The van der Waals surface area contributed by atoms with Crippen LogP contribution in [0.2, 0.25) is 0 Å². The lowest BCUT2D eigenvalue weighted by molar-refractivity contribution is 0.0947. The maximum absolute atomic E-state index is 14.4. The fourth-order valence-electron chi connectivity index (χ4n) is 3.64. The summed E-state index contributed by atoms with van der Waals surface area (Å²) in [5.74, 6) is -0.432. The van der Waals surface area contributed by atoms with Crippen molar-refractivity contribution in [3.8, 4) is 6.07 Å². The minimum Gasteiger partial charge on any atom is -0.350 e. The number of nitriles is 1. The number of amides is 1. The highest BCUT2D eigenvalue weighted by Crippen LogP contribution is 2.47. The van der Waals surface area contributed by atoms with Crippen molar-refractivity contribution in [2.45, 2.75) is 13.5 Å². The number of H-pyrrole nitrogens is 1. The molecule has 2 aromatic carbocycles.